The maximum absolute atomic E-state index is 2.63. The Kier molecular flexibility index (Phi) is 9.17. The summed E-state index contributed by atoms with van der Waals surface area (Å²) in [5.41, 5.74) is 23.9. The molecule has 0 radical (unpaired) electrons. The molecule has 0 amide bonds. The Morgan fingerprint density at radius 2 is 0.843 bits per heavy atom. The Morgan fingerprint density at radius 3 is 1.60 bits per heavy atom. The fraction of sp³-hybridized carbons (Fsp3) is 0.304. The molecule has 70 heavy (non-hydrogen) atoms. The molecular formula is C69H63N. The molecule has 0 aromatic heterocycles. The van der Waals surface area contributed by atoms with Gasteiger partial charge in [-0.3, -0.25) is 0 Å². The predicted octanol–water partition coefficient (Wildman–Crippen LogP) is 18.2. The molecule has 5 unspecified atom stereocenters. The van der Waals surface area contributed by atoms with Gasteiger partial charge < -0.3 is 4.90 Å². The lowest BCUT2D eigenvalue weighted by molar-refractivity contribution is -0.0399. The Balaban J connectivity index is 0.790. The second-order valence-electron chi connectivity index (χ2n) is 23.5. The van der Waals surface area contributed by atoms with E-state index in [1.807, 2.05) is 0 Å². The predicted molar refractivity (Wildman–Crippen MR) is 291 cm³/mol. The SMILES string of the molecule is CC1CC2CC(C)C3(c4ccccc4-c4cccc(-c5cccc(-c6cccc(N(c7ccccc7)c7ccc(-c8ccc9c(c8)C8(c%10ccccc%10-9)C9CC%10CC(C9)CC8C%10)cc7)c6)c5)c43)C(C1)C2. The third-order valence-corrected chi connectivity index (χ3v) is 19.9. The largest absolute Gasteiger partial charge is 0.310 e. The van der Waals surface area contributed by atoms with Crippen molar-refractivity contribution in [1.29, 1.82) is 0 Å². The van der Waals surface area contributed by atoms with Gasteiger partial charge in [-0.25, -0.2) is 0 Å². The minimum atomic E-state index is 0.0403. The molecule has 0 heterocycles. The zero-order valence-corrected chi connectivity index (χ0v) is 40.8. The van der Waals surface area contributed by atoms with Crippen molar-refractivity contribution in [3.05, 3.63) is 210 Å². The summed E-state index contributed by atoms with van der Waals surface area (Å²) in [6.07, 6.45) is 12.5. The summed E-state index contributed by atoms with van der Waals surface area (Å²) >= 11 is 0. The molecule has 0 N–H and O–H groups in total. The maximum Gasteiger partial charge on any atom is 0.0467 e. The van der Waals surface area contributed by atoms with E-state index in [0.717, 1.165) is 52.6 Å². The fourth-order valence-electron chi connectivity index (χ4n) is 17.9. The van der Waals surface area contributed by atoms with E-state index in [-0.39, 0.29) is 10.8 Å². The van der Waals surface area contributed by atoms with Crippen molar-refractivity contribution < 1.29 is 0 Å². The third kappa shape index (κ3) is 5.84. The van der Waals surface area contributed by atoms with Gasteiger partial charge in [-0.1, -0.05) is 153 Å². The van der Waals surface area contributed by atoms with Gasteiger partial charge in [-0.15, -0.1) is 0 Å². The summed E-state index contributed by atoms with van der Waals surface area (Å²) in [7, 11) is 0. The number of fused-ring (bicyclic) bond motifs is 11. The van der Waals surface area contributed by atoms with E-state index in [1.165, 1.54) is 113 Å². The van der Waals surface area contributed by atoms with Crippen molar-refractivity contribution in [2.45, 2.75) is 82.5 Å². The third-order valence-electron chi connectivity index (χ3n) is 19.9. The zero-order valence-electron chi connectivity index (χ0n) is 40.8. The number of para-hydroxylation sites is 1. The molecule has 1 nitrogen and oxygen atoms in total. The molecule has 0 aliphatic heterocycles. The first-order valence-electron chi connectivity index (χ1n) is 27.1. The van der Waals surface area contributed by atoms with Gasteiger partial charge in [0.2, 0.25) is 0 Å². The van der Waals surface area contributed by atoms with Gasteiger partial charge in [-0.2, -0.15) is 0 Å². The summed E-state index contributed by atoms with van der Waals surface area (Å²) in [6.45, 7) is 5.11. The van der Waals surface area contributed by atoms with Crippen LogP contribution in [-0.2, 0) is 10.8 Å². The highest BCUT2D eigenvalue weighted by Crippen LogP contribution is 2.70. The van der Waals surface area contributed by atoms with E-state index in [9.17, 15) is 0 Å². The number of rotatable bonds is 6. The molecule has 344 valence electrons. The number of nitrogens with zero attached hydrogens (tertiary/aromatic N) is 1. The molecule has 8 aromatic rings. The van der Waals surface area contributed by atoms with Gasteiger partial charge in [0.25, 0.3) is 0 Å². The van der Waals surface area contributed by atoms with E-state index in [4.69, 9.17) is 0 Å². The Bertz CT molecular complexity index is 3330. The van der Waals surface area contributed by atoms with Crippen LogP contribution in [0.1, 0.15) is 93.9 Å². The van der Waals surface area contributed by atoms with Crippen LogP contribution in [0.25, 0.3) is 55.6 Å². The van der Waals surface area contributed by atoms with Crippen molar-refractivity contribution in [1.82, 2.24) is 0 Å². The molecule has 8 aromatic carbocycles. The minimum Gasteiger partial charge on any atom is -0.310 e. The molecule has 0 saturated heterocycles. The average molecular weight is 906 g/mol. The van der Waals surface area contributed by atoms with Crippen LogP contribution in [0.2, 0.25) is 0 Å². The smallest absolute Gasteiger partial charge is 0.0467 e. The highest BCUT2D eigenvalue weighted by molar-refractivity contribution is 5.91. The van der Waals surface area contributed by atoms with Crippen LogP contribution in [-0.4, -0.2) is 0 Å². The van der Waals surface area contributed by atoms with Crippen molar-refractivity contribution in [3.8, 4) is 55.6 Å². The lowest BCUT2D eigenvalue weighted by Gasteiger charge is -2.61. The molecule has 8 aliphatic carbocycles. The van der Waals surface area contributed by atoms with Crippen LogP contribution < -0.4 is 4.90 Å². The highest BCUT2D eigenvalue weighted by atomic mass is 15.1. The van der Waals surface area contributed by atoms with Gasteiger partial charge in [0.1, 0.15) is 0 Å². The normalized spacial score (nSPS) is 29.2. The van der Waals surface area contributed by atoms with E-state index in [1.54, 1.807) is 22.3 Å². The summed E-state index contributed by atoms with van der Waals surface area (Å²) in [5.74, 6) is 6.29. The van der Waals surface area contributed by atoms with Crippen molar-refractivity contribution in [2.75, 3.05) is 4.90 Å². The summed E-state index contributed by atoms with van der Waals surface area (Å²) in [5, 5.41) is 0. The van der Waals surface area contributed by atoms with Crippen LogP contribution in [0.3, 0.4) is 0 Å². The minimum absolute atomic E-state index is 0.0403. The van der Waals surface area contributed by atoms with E-state index < -0.39 is 0 Å². The van der Waals surface area contributed by atoms with Crippen LogP contribution in [0.15, 0.2) is 188 Å². The molecule has 5 atom stereocenters. The number of hydrogen-bond acceptors (Lipinski definition) is 1. The zero-order chi connectivity index (χ0) is 46.3. The standard InChI is InChI=1S/C69H63N/c1-43-31-45-33-44(2)68(53(32-43)35-45)64-23-8-7-20-61(64)63-22-12-21-59(67(63)68)52-15-10-13-49(40-52)50-14-11-18-58(41-50)70(56-16-4-3-5-17-56)57-28-25-48(26-29-57)51-27-30-62-60-19-6-9-24-65(60)69(66(62)42-51)54-36-46-34-47(38-54)39-55(69)37-46/h3-30,40-47,53-55H,31-39H2,1-2H3. The quantitative estimate of drug-likeness (QED) is 0.161. The second kappa shape index (κ2) is 15.5. The van der Waals surface area contributed by atoms with Crippen LogP contribution in [0.4, 0.5) is 17.1 Å². The molecule has 8 aliphatic rings. The lowest BCUT2D eigenvalue weighted by atomic mass is 9.43. The topological polar surface area (TPSA) is 3.24 Å². The number of benzene rings is 8. The molecule has 2 spiro atoms. The number of hydrogen-bond donors (Lipinski definition) is 0. The van der Waals surface area contributed by atoms with Crippen LogP contribution >= 0.6 is 0 Å². The van der Waals surface area contributed by atoms with Crippen molar-refractivity contribution >= 4 is 17.1 Å². The average Bonchev–Trinajstić information content (AvgIpc) is 3.87. The monoisotopic (exact) mass is 905 g/mol. The first-order chi connectivity index (χ1) is 34.4. The maximum atomic E-state index is 2.63. The second-order valence-corrected chi connectivity index (χ2v) is 23.5. The van der Waals surface area contributed by atoms with Crippen LogP contribution in [0, 0.1) is 47.3 Å². The molecule has 6 saturated carbocycles. The van der Waals surface area contributed by atoms with Gasteiger partial charge >= 0.3 is 0 Å². The van der Waals surface area contributed by atoms with Gasteiger partial charge in [0, 0.05) is 27.9 Å². The summed E-state index contributed by atoms with van der Waals surface area (Å²) in [6, 6.07) is 72.7. The van der Waals surface area contributed by atoms with Crippen molar-refractivity contribution in [2.24, 2.45) is 47.3 Å². The Labute approximate surface area is 415 Å². The van der Waals surface area contributed by atoms with Gasteiger partial charge in [0.05, 0.1) is 0 Å². The van der Waals surface area contributed by atoms with E-state index >= 15 is 0 Å². The Hall–Kier alpha value is -6.44. The fourth-order valence-corrected chi connectivity index (χ4v) is 17.9. The molecular weight excluding hydrogens is 843 g/mol. The van der Waals surface area contributed by atoms with Gasteiger partial charge in [0.15, 0.2) is 0 Å². The Morgan fingerprint density at radius 1 is 0.329 bits per heavy atom. The first-order valence-corrected chi connectivity index (χ1v) is 27.1. The summed E-state index contributed by atoms with van der Waals surface area (Å²) < 4.78 is 0. The summed E-state index contributed by atoms with van der Waals surface area (Å²) in [4.78, 5) is 2.44. The molecule has 16 rings (SSSR count). The highest BCUT2D eigenvalue weighted by Gasteiger charge is 2.62. The molecule has 6 fully saturated rings. The van der Waals surface area contributed by atoms with Crippen LogP contribution in [0.5, 0.6) is 0 Å². The molecule has 6 bridgehead atoms. The van der Waals surface area contributed by atoms with E-state index in [0.29, 0.717) is 11.8 Å². The lowest BCUT2D eigenvalue weighted by Crippen LogP contribution is -2.55. The number of anilines is 3. The van der Waals surface area contributed by atoms with Gasteiger partial charge in [-0.05, 0) is 232 Å². The van der Waals surface area contributed by atoms with E-state index in [2.05, 4.69) is 207 Å². The first kappa shape index (κ1) is 41.4. The molecule has 1 heteroatoms. The van der Waals surface area contributed by atoms with Crippen molar-refractivity contribution in [3.63, 3.8) is 0 Å².